The van der Waals surface area contributed by atoms with Crippen LogP contribution in [0.4, 0.5) is 0 Å². The molecule has 2 fully saturated rings. The molecule has 2 rings (SSSR count). The van der Waals surface area contributed by atoms with Gasteiger partial charge in [-0.05, 0) is 32.6 Å². The lowest BCUT2D eigenvalue weighted by molar-refractivity contribution is 0.0284. The van der Waals surface area contributed by atoms with Crippen LogP contribution in [-0.2, 0) is 4.74 Å². The maximum Gasteiger partial charge on any atom is 0.0969 e. The number of hydrogen-bond donors (Lipinski definition) is 1. The zero-order chi connectivity index (χ0) is 9.31. The molecule has 1 unspecified atom stereocenters. The van der Waals surface area contributed by atoms with E-state index in [-0.39, 0.29) is 5.60 Å². The SMILES string of the molecule is CC1(CN=C(N)C2CC2)CCCO1. The summed E-state index contributed by atoms with van der Waals surface area (Å²) in [6, 6.07) is 0. The van der Waals surface area contributed by atoms with Crippen LogP contribution in [0.25, 0.3) is 0 Å². The van der Waals surface area contributed by atoms with Gasteiger partial charge in [0.25, 0.3) is 0 Å². The summed E-state index contributed by atoms with van der Waals surface area (Å²) in [6.07, 6.45) is 4.74. The Hall–Kier alpha value is -0.570. The lowest BCUT2D eigenvalue weighted by Gasteiger charge is -2.20. The van der Waals surface area contributed by atoms with Gasteiger partial charge in [0, 0.05) is 12.5 Å². The molecule has 0 radical (unpaired) electrons. The molecule has 0 bridgehead atoms. The number of rotatable bonds is 3. The highest BCUT2D eigenvalue weighted by Crippen LogP contribution is 2.30. The predicted molar refractivity (Wildman–Crippen MR) is 52.8 cm³/mol. The van der Waals surface area contributed by atoms with Crippen LogP contribution in [-0.4, -0.2) is 24.6 Å². The summed E-state index contributed by atoms with van der Waals surface area (Å²) in [4.78, 5) is 4.41. The molecule has 1 aliphatic heterocycles. The maximum atomic E-state index is 5.81. The first-order chi connectivity index (χ1) is 6.20. The molecule has 74 valence electrons. The molecule has 0 aromatic carbocycles. The average Bonchev–Trinajstić information content (AvgIpc) is 2.87. The van der Waals surface area contributed by atoms with Gasteiger partial charge in [-0.1, -0.05) is 0 Å². The summed E-state index contributed by atoms with van der Waals surface area (Å²) >= 11 is 0. The normalized spacial score (nSPS) is 35.3. The molecule has 3 nitrogen and oxygen atoms in total. The molecule has 1 aliphatic carbocycles. The van der Waals surface area contributed by atoms with E-state index < -0.39 is 0 Å². The van der Waals surface area contributed by atoms with Crippen molar-refractivity contribution in [1.82, 2.24) is 0 Å². The van der Waals surface area contributed by atoms with Crippen molar-refractivity contribution < 1.29 is 4.74 Å². The minimum Gasteiger partial charge on any atom is -0.387 e. The van der Waals surface area contributed by atoms with Gasteiger partial charge in [-0.25, -0.2) is 0 Å². The van der Waals surface area contributed by atoms with E-state index in [0.29, 0.717) is 5.92 Å². The third-order valence-corrected chi connectivity index (χ3v) is 2.89. The highest BCUT2D eigenvalue weighted by molar-refractivity contribution is 5.84. The van der Waals surface area contributed by atoms with Crippen LogP contribution >= 0.6 is 0 Å². The van der Waals surface area contributed by atoms with E-state index in [1.165, 1.54) is 12.8 Å². The summed E-state index contributed by atoms with van der Waals surface area (Å²) in [5.41, 5.74) is 5.78. The second kappa shape index (κ2) is 3.29. The number of ether oxygens (including phenoxy) is 1. The average molecular weight is 182 g/mol. The fraction of sp³-hybridized carbons (Fsp3) is 0.900. The first-order valence-corrected chi connectivity index (χ1v) is 5.13. The topological polar surface area (TPSA) is 47.6 Å². The molecule has 2 aliphatic rings. The quantitative estimate of drug-likeness (QED) is 0.528. The van der Waals surface area contributed by atoms with Crippen molar-refractivity contribution in [1.29, 1.82) is 0 Å². The molecular formula is C10H18N2O. The van der Waals surface area contributed by atoms with E-state index in [1.54, 1.807) is 0 Å². The van der Waals surface area contributed by atoms with Gasteiger partial charge in [-0.2, -0.15) is 0 Å². The lowest BCUT2D eigenvalue weighted by atomic mass is 10.0. The Labute approximate surface area is 79.4 Å². The van der Waals surface area contributed by atoms with Crippen molar-refractivity contribution in [2.45, 2.75) is 38.2 Å². The molecule has 0 aromatic rings. The van der Waals surface area contributed by atoms with Crippen LogP contribution in [0.1, 0.15) is 32.6 Å². The monoisotopic (exact) mass is 182 g/mol. The number of hydrogen-bond acceptors (Lipinski definition) is 2. The summed E-state index contributed by atoms with van der Waals surface area (Å²) < 4.78 is 5.63. The lowest BCUT2D eigenvalue weighted by Crippen LogP contribution is -2.29. The molecule has 0 spiro atoms. The van der Waals surface area contributed by atoms with E-state index in [2.05, 4.69) is 11.9 Å². The fourth-order valence-electron chi connectivity index (χ4n) is 1.73. The molecule has 0 amide bonds. The second-order valence-corrected chi connectivity index (χ2v) is 4.42. The molecule has 0 aromatic heterocycles. The third-order valence-electron chi connectivity index (χ3n) is 2.89. The number of nitrogens with zero attached hydrogens (tertiary/aromatic N) is 1. The third kappa shape index (κ3) is 2.21. The van der Waals surface area contributed by atoms with Gasteiger partial charge in [0.15, 0.2) is 0 Å². The van der Waals surface area contributed by atoms with Crippen LogP contribution in [0.3, 0.4) is 0 Å². The van der Waals surface area contributed by atoms with Crippen molar-refractivity contribution >= 4 is 5.84 Å². The molecule has 2 N–H and O–H groups in total. The van der Waals surface area contributed by atoms with Crippen molar-refractivity contribution in [2.75, 3.05) is 13.2 Å². The first-order valence-electron chi connectivity index (χ1n) is 5.13. The largest absolute Gasteiger partial charge is 0.387 e. The molecule has 1 saturated heterocycles. The van der Waals surface area contributed by atoms with Gasteiger partial charge in [0.05, 0.1) is 18.0 Å². The minimum atomic E-state index is -0.0283. The van der Waals surface area contributed by atoms with Gasteiger partial charge in [0.1, 0.15) is 0 Å². The Morgan fingerprint density at radius 1 is 1.62 bits per heavy atom. The Morgan fingerprint density at radius 3 is 2.92 bits per heavy atom. The van der Waals surface area contributed by atoms with Crippen LogP contribution < -0.4 is 5.73 Å². The molecule has 3 heteroatoms. The zero-order valence-corrected chi connectivity index (χ0v) is 8.25. The van der Waals surface area contributed by atoms with Gasteiger partial charge in [-0.15, -0.1) is 0 Å². The van der Waals surface area contributed by atoms with Crippen molar-refractivity contribution in [3.63, 3.8) is 0 Å². The smallest absolute Gasteiger partial charge is 0.0969 e. The van der Waals surface area contributed by atoms with E-state index in [9.17, 15) is 0 Å². The van der Waals surface area contributed by atoms with Gasteiger partial charge in [-0.3, -0.25) is 4.99 Å². The minimum absolute atomic E-state index is 0.0283. The molecule has 1 atom stereocenters. The maximum absolute atomic E-state index is 5.81. The zero-order valence-electron chi connectivity index (χ0n) is 8.25. The van der Waals surface area contributed by atoms with Crippen molar-refractivity contribution in [2.24, 2.45) is 16.6 Å². The Bertz CT molecular complexity index is 215. The predicted octanol–water partition coefficient (Wildman–Crippen LogP) is 1.32. The fourth-order valence-corrected chi connectivity index (χ4v) is 1.73. The van der Waals surface area contributed by atoms with Gasteiger partial charge in [0.2, 0.25) is 0 Å². The van der Waals surface area contributed by atoms with Crippen molar-refractivity contribution in [3.05, 3.63) is 0 Å². The van der Waals surface area contributed by atoms with Crippen LogP contribution in [0.15, 0.2) is 4.99 Å². The van der Waals surface area contributed by atoms with Crippen molar-refractivity contribution in [3.8, 4) is 0 Å². The number of aliphatic imine (C=N–C) groups is 1. The molecule has 13 heavy (non-hydrogen) atoms. The first kappa shape index (κ1) is 9.00. The summed E-state index contributed by atoms with van der Waals surface area (Å²) in [5, 5.41) is 0. The number of amidine groups is 1. The van der Waals surface area contributed by atoms with Gasteiger partial charge >= 0.3 is 0 Å². The summed E-state index contributed by atoms with van der Waals surface area (Å²) in [6.45, 7) is 3.76. The van der Waals surface area contributed by atoms with Crippen LogP contribution in [0, 0.1) is 5.92 Å². The molecule has 1 saturated carbocycles. The Kier molecular flexibility index (Phi) is 2.28. The molecule has 1 heterocycles. The standard InChI is InChI=1S/C10H18N2O/c1-10(5-2-6-13-10)7-12-9(11)8-3-4-8/h8H,2-7H2,1H3,(H2,11,12). The Balaban J connectivity index is 1.85. The summed E-state index contributed by atoms with van der Waals surface area (Å²) in [5.74, 6) is 1.43. The van der Waals surface area contributed by atoms with E-state index in [4.69, 9.17) is 10.5 Å². The van der Waals surface area contributed by atoms with Crippen LogP contribution in [0.5, 0.6) is 0 Å². The number of nitrogens with two attached hydrogens (primary N) is 1. The van der Waals surface area contributed by atoms with E-state index in [1.807, 2.05) is 0 Å². The highest BCUT2D eigenvalue weighted by atomic mass is 16.5. The highest BCUT2D eigenvalue weighted by Gasteiger charge is 2.31. The Morgan fingerprint density at radius 2 is 2.38 bits per heavy atom. The van der Waals surface area contributed by atoms with E-state index in [0.717, 1.165) is 31.8 Å². The van der Waals surface area contributed by atoms with Crippen LogP contribution in [0.2, 0.25) is 0 Å². The summed E-state index contributed by atoms with van der Waals surface area (Å²) in [7, 11) is 0. The van der Waals surface area contributed by atoms with Gasteiger partial charge < -0.3 is 10.5 Å². The second-order valence-electron chi connectivity index (χ2n) is 4.42. The molecular weight excluding hydrogens is 164 g/mol. The van der Waals surface area contributed by atoms with E-state index >= 15 is 0 Å².